The van der Waals surface area contributed by atoms with E-state index in [1.165, 1.54) is 6.20 Å². The van der Waals surface area contributed by atoms with E-state index in [1.807, 2.05) is 0 Å². The zero-order valence-corrected chi connectivity index (χ0v) is 8.49. The van der Waals surface area contributed by atoms with E-state index in [2.05, 4.69) is 0 Å². The van der Waals surface area contributed by atoms with Gasteiger partial charge < -0.3 is 10.0 Å². The van der Waals surface area contributed by atoms with Gasteiger partial charge in [-0.1, -0.05) is 0 Å². The number of ketones is 1. The zero-order chi connectivity index (χ0) is 10.7. The Morgan fingerprint density at radius 2 is 2.00 bits per heavy atom. The first-order valence-corrected chi connectivity index (χ1v) is 4.65. The summed E-state index contributed by atoms with van der Waals surface area (Å²) >= 11 is 0. The molecule has 0 bridgehead atoms. The lowest BCUT2D eigenvalue weighted by molar-refractivity contribution is -0.134. The Morgan fingerprint density at radius 1 is 1.43 bits per heavy atom. The summed E-state index contributed by atoms with van der Waals surface area (Å²) in [4.78, 5) is 23.8. The molecule has 0 saturated heterocycles. The fourth-order valence-corrected chi connectivity index (χ4v) is 1.20. The van der Waals surface area contributed by atoms with Gasteiger partial charge in [-0.15, -0.1) is 0 Å². The summed E-state index contributed by atoms with van der Waals surface area (Å²) in [5.74, 6) is -0.967. The van der Waals surface area contributed by atoms with E-state index in [9.17, 15) is 9.59 Å². The molecular weight excluding hydrogens is 182 g/mol. The van der Waals surface area contributed by atoms with Gasteiger partial charge in [-0.25, -0.2) is 4.79 Å². The van der Waals surface area contributed by atoms with Crippen molar-refractivity contribution in [2.24, 2.45) is 5.92 Å². The highest BCUT2D eigenvalue weighted by atomic mass is 16.4. The van der Waals surface area contributed by atoms with Gasteiger partial charge in [-0.2, -0.15) is 0 Å². The van der Waals surface area contributed by atoms with E-state index < -0.39 is 5.97 Å². The van der Waals surface area contributed by atoms with E-state index in [0.29, 0.717) is 12.3 Å². The van der Waals surface area contributed by atoms with Crippen molar-refractivity contribution in [1.82, 2.24) is 4.90 Å². The normalized spacial score (nSPS) is 16.6. The molecule has 0 amide bonds. The Hall–Kier alpha value is -1.32. The SMILES string of the molecule is CN(C)C=C(C(=O)O)C(=O)CC1CC1. The maximum absolute atomic E-state index is 11.5. The number of hydrogen-bond acceptors (Lipinski definition) is 3. The molecule has 1 aliphatic rings. The van der Waals surface area contributed by atoms with Crippen molar-refractivity contribution in [3.63, 3.8) is 0 Å². The second-order valence-electron chi connectivity index (χ2n) is 3.88. The second kappa shape index (κ2) is 4.26. The van der Waals surface area contributed by atoms with Crippen molar-refractivity contribution in [2.75, 3.05) is 14.1 Å². The molecule has 78 valence electrons. The average molecular weight is 197 g/mol. The summed E-state index contributed by atoms with van der Waals surface area (Å²) < 4.78 is 0. The van der Waals surface area contributed by atoms with Gasteiger partial charge in [0, 0.05) is 26.7 Å². The largest absolute Gasteiger partial charge is 0.478 e. The van der Waals surface area contributed by atoms with Crippen LogP contribution in [0.2, 0.25) is 0 Å². The molecule has 1 N–H and O–H groups in total. The van der Waals surface area contributed by atoms with E-state index in [0.717, 1.165) is 12.8 Å². The number of carboxylic acid groups (broad SMARTS) is 1. The molecule has 1 aliphatic carbocycles. The maximum atomic E-state index is 11.5. The van der Waals surface area contributed by atoms with Crippen molar-refractivity contribution in [3.8, 4) is 0 Å². The predicted octanol–water partition coefficient (Wildman–Crippen LogP) is 0.886. The van der Waals surface area contributed by atoms with Crippen LogP contribution in [0.4, 0.5) is 0 Å². The monoisotopic (exact) mass is 197 g/mol. The molecule has 0 aromatic carbocycles. The van der Waals surface area contributed by atoms with Crippen LogP contribution in [-0.2, 0) is 9.59 Å². The number of aliphatic carboxylic acids is 1. The highest BCUT2D eigenvalue weighted by Gasteiger charge is 2.28. The molecule has 4 nitrogen and oxygen atoms in total. The van der Waals surface area contributed by atoms with Crippen molar-refractivity contribution in [1.29, 1.82) is 0 Å². The molecule has 1 rings (SSSR count). The fraction of sp³-hybridized carbons (Fsp3) is 0.600. The topological polar surface area (TPSA) is 57.6 Å². The molecule has 0 unspecified atom stereocenters. The lowest BCUT2D eigenvalue weighted by Crippen LogP contribution is -2.16. The van der Waals surface area contributed by atoms with Crippen LogP contribution in [0.1, 0.15) is 19.3 Å². The van der Waals surface area contributed by atoms with Gasteiger partial charge in [0.05, 0.1) is 0 Å². The Morgan fingerprint density at radius 3 is 2.36 bits per heavy atom. The van der Waals surface area contributed by atoms with Crippen LogP contribution in [-0.4, -0.2) is 35.9 Å². The van der Waals surface area contributed by atoms with Crippen LogP contribution >= 0.6 is 0 Å². The molecule has 0 heterocycles. The van der Waals surface area contributed by atoms with Crippen LogP contribution in [0, 0.1) is 5.92 Å². The summed E-state index contributed by atoms with van der Waals surface area (Å²) in [6.07, 6.45) is 3.86. The molecular formula is C10H15NO3. The van der Waals surface area contributed by atoms with Crippen LogP contribution in [0.5, 0.6) is 0 Å². The average Bonchev–Trinajstić information content (AvgIpc) is 2.82. The predicted molar refractivity (Wildman–Crippen MR) is 51.8 cm³/mol. The molecule has 14 heavy (non-hydrogen) atoms. The summed E-state index contributed by atoms with van der Waals surface area (Å²) in [6, 6.07) is 0. The first-order valence-electron chi connectivity index (χ1n) is 4.65. The number of carbonyl (C=O) groups is 2. The molecule has 0 aromatic rings. The molecule has 1 fully saturated rings. The minimum Gasteiger partial charge on any atom is -0.478 e. The minimum absolute atomic E-state index is 0.109. The first-order chi connectivity index (χ1) is 6.50. The molecule has 4 heteroatoms. The van der Waals surface area contributed by atoms with E-state index in [4.69, 9.17) is 5.11 Å². The van der Waals surface area contributed by atoms with Crippen LogP contribution in [0.15, 0.2) is 11.8 Å². The van der Waals surface area contributed by atoms with Gasteiger partial charge >= 0.3 is 5.97 Å². The Kier molecular flexibility index (Phi) is 3.28. The number of carbonyl (C=O) groups excluding carboxylic acids is 1. The molecule has 0 atom stereocenters. The van der Waals surface area contributed by atoms with Crippen LogP contribution in [0.3, 0.4) is 0 Å². The lowest BCUT2D eigenvalue weighted by Gasteiger charge is -2.07. The third kappa shape index (κ3) is 3.20. The van der Waals surface area contributed by atoms with Gasteiger partial charge in [0.25, 0.3) is 0 Å². The molecule has 0 aliphatic heterocycles. The molecule has 1 saturated carbocycles. The Bertz CT molecular complexity index is 277. The van der Waals surface area contributed by atoms with Crippen LogP contribution < -0.4 is 0 Å². The number of nitrogens with zero attached hydrogens (tertiary/aromatic N) is 1. The number of Topliss-reactive ketones (excluding diaryl/α,β-unsaturated/α-hetero) is 1. The summed E-state index contributed by atoms with van der Waals surface area (Å²) in [6.45, 7) is 0. The standard InChI is InChI=1S/C10H15NO3/c1-11(2)6-8(10(13)14)9(12)5-7-3-4-7/h6-7H,3-5H2,1-2H3,(H,13,14). The minimum atomic E-state index is -1.13. The Labute approximate surface area is 83.2 Å². The van der Waals surface area contributed by atoms with Gasteiger partial charge in [0.2, 0.25) is 0 Å². The fourth-order valence-electron chi connectivity index (χ4n) is 1.20. The molecule has 0 spiro atoms. The van der Waals surface area contributed by atoms with Crippen molar-refractivity contribution in [3.05, 3.63) is 11.8 Å². The zero-order valence-electron chi connectivity index (χ0n) is 8.49. The highest BCUT2D eigenvalue weighted by Crippen LogP contribution is 2.33. The van der Waals surface area contributed by atoms with E-state index in [1.54, 1.807) is 19.0 Å². The van der Waals surface area contributed by atoms with Gasteiger partial charge in [-0.3, -0.25) is 4.79 Å². The smallest absolute Gasteiger partial charge is 0.340 e. The lowest BCUT2D eigenvalue weighted by atomic mass is 10.1. The van der Waals surface area contributed by atoms with E-state index in [-0.39, 0.29) is 11.4 Å². The van der Waals surface area contributed by atoms with Crippen molar-refractivity contribution in [2.45, 2.75) is 19.3 Å². The Balaban J connectivity index is 2.65. The number of carboxylic acids is 1. The van der Waals surface area contributed by atoms with Gasteiger partial charge in [-0.05, 0) is 18.8 Å². The van der Waals surface area contributed by atoms with Crippen molar-refractivity contribution >= 4 is 11.8 Å². The highest BCUT2D eigenvalue weighted by molar-refractivity contribution is 6.16. The quantitative estimate of drug-likeness (QED) is 0.404. The van der Waals surface area contributed by atoms with Crippen molar-refractivity contribution < 1.29 is 14.7 Å². The van der Waals surface area contributed by atoms with Crippen LogP contribution in [0.25, 0.3) is 0 Å². The number of rotatable bonds is 5. The van der Waals surface area contributed by atoms with Gasteiger partial charge in [0.15, 0.2) is 5.78 Å². The number of hydrogen-bond donors (Lipinski definition) is 1. The maximum Gasteiger partial charge on any atom is 0.340 e. The third-order valence-electron chi connectivity index (χ3n) is 2.09. The molecule has 0 aromatic heterocycles. The van der Waals surface area contributed by atoms with Gasteiger partial charge in [0.1, 0.15) is 5.57 Å². The first kappa shape index (κ1) is 10.8. The summed E-state index contributed by atoms with van der Waals surface area (Å²) in [7, 11) is 3.40. The van der Waals surface area contributed by atoms with E-state index >= 15 is 0 Å². The third-order valence-corrected chi connectivity index (χ3v) is 2.09. The second-order valence-corrected chi connectivity index (χ2v) is 3.88. The molecule has 0 radical (unpaired) electrons. The summed E-state index contributed by atoms with van der Waals surface area (Å²) in [5, 5.41) is 8.81. The summed E-state index contributed by atoms with van der Waals surface area (Å²) in [5.41, 5.74) is -0.109.